The van der Waals surface area contributed by atoms with E-state index in [1.807, 2.05) is 56.3 Å². The predicted molar refractivity (Wildman–Crippen MR) is 106 cm³/mol. The van der Waals surface area contributed by atoms with Gasteiger partial charge in [0.2, 0.25) is 5.95 Å². The molecule has 6 nitrogen and oxygen atoms in total. The Hall–Kier alpha value is -3.41. The number of rotatable bonds is 7. The molecule has 6 heteroatoms. The molecule has 0 spiro atoms. The fourth-order valence-electron chi connectivity index (χ4n) is 2.43. The Morgan fingerprint density at radius 2 is 1.78 bits per heavy atom. The van der Waals surface area contributed by atoms with Crippen LogP contribution >= 0.6 is 0 Å². The standard InChI is InChI=1S/C21H22N4O2/c1-15(2)27-18-10-8-17(9-11-18)24-20(26)19-12-13-22-21(25-19)23-14-16-6-4-3-5-7-16/h3-13,15H,14H2,1-2H3,(H,24,26)(H,22,23,25). The van der Waals surface area contributed by atoms with Crippen LogP contribution in [0.4, 0.5) is 11.6 Å². The quantitative estimate of drug-likeness (QED) is 0.661. The number of hydrogen-bond donors (Lipinski definition) is 2. The number of carbonyl (C=O) groups is 1. The minimum absolute atomic E-state index is 0.105. The van der Waals surface area contributed by atoms with Crippen LogP contribution in [-0.4, -0.2) is 22.0 Å². The van der Waals surface area contributed by atoms with Crippen molar-refractivity contribution in [3.8, 4) is 5.75 Å². The highest BCUT2D eigenvalue weighted by atomic mass is 16.5. The first kappa shape index (κ1) is 18.4. The van der Waals surface area contributed by atoms with Gasteiger partial charge in [0.15, 0.2) is 0 Å². The zero-order chi connectivity index (χ0) is 19.1. The molecule has 0 saturated heterocycles. The number of nitrogens with zero attached hydrogens (tertiary/aromatic N) is 2. The van der Waals surface area contributed by atoms with E-state index >= 15 is 0 Å². The van der Waals surface area contributed by atoms with E-state index in [-0.39, 0.29) is 12.0 Å². The Labute approximate surface area is 158 Å². The molecule has 0 bridgehead atoms. The van der Waals surface area contributed by atoms with Gasteiger partial charge in [-0.2, -0.15) is 0 Å². The first-order valence-electron chi connectivity index (χ1n) is 8.79. The summed E-state index contributed by atoms with van der Waals surface area (Å²) in [5.74, 6) is 0.877. The van der Waals surface area contributed by atoms with Crippen LogP contribution in [0.25, 0.3) is 0 Å². The molecule has 0 saturated carbocycles. The van der Waals surface area contributed by atoms with Gasteiger partial charge >= 0.3 is 0 Å². The molecule has 1 amide bonds. The lowest BCUT2D eigenvalue weighted by molar-refractivity contribution is 0.102. The van der Waals surface area contributed by atoms with Gasteiger partial charge in [0, 0.05) is 18.4 Å². The number of benzene rings is 2. The van der Waals surface area contributed by atoms with Crippen LogP contribution in [0.2, 0.25) is 0 Å². The summed E-state index contributed by atoms with van der Waals surface area (Å²) in [6.07, 6.45) is 1.67. The van der Waals surface area contributed by atoms with Crippen LogP contribution in [0.15, 0.2) is 66.9 Å². The van der Waals surface area contributed by atoms with Crippen molar-refractivity contribution in [3.05, 3.63) is 78.1 Å². The van der Waals surface area contributed by atoms with Gasteiger partial charge in [0.1, 0.15) is 11.4 Å². The van der Waals surface area contributed by atoms with Gasteiger partial charge in [0.05, 0.1) is 6.10 Å². The second-order valence-electron chi connectivity index (χ2n) is 6.25. The molecule has 2 aromatic carbocycles. The van der Waals surface area contributed by atoms with E-state index in [2.05, 4.69) is 20.6 Å². The summed E-state index contributed by atoms with van der Waals surface area (Å²) in [4.78, 5) is 20.9. The van der Waals surface area contributed by atoms with Crippen molar-refractivity contribution >= 4 is 17.5 Å². The van der Waals surface area contributed by atoms with Crippen LogP contribution < -0.4 is 15.4 Å². The van der Waals surface area contributed by atoms with Gasteiger partial charge in [-0.1, -0.05) is 30.3 Å². The average Bonchev–Trinajstić information content (AvgIpc) is 2.68. The maximum absolute atomic E-state index is 12.4. The molecule has 0 aliphatic carbocycles. The minimum Gasteiger partial charge on any atom is -0.491 e. The Kier molecular flexibility index (Phi) is 5.99. The fraction of sp³-hybridized carbons (Fsp3) is 0.190. The molecule has 1 heterocycles. The highest BCUT2D eigenvalue weighted by molar-refractivity contribution is 6.02. The first-order valence-corrected chi connectivity index (χ1v) is 8.79. The molecule has 0 atom stereocenters. The first-order chi connectivity index (χ1) is 13.1. The maximum Gasteiger partial charge on any atom is 0.274 e. The highest BCUT2D eigenvalue weighted by Gasteiger charge is 2.09. The molecular formula is C21H22N4O2. The second-order valence-corrected chi connectivity index (χ2v) is 6.25. The Bertz CT molecular complexity index is 880. The van der Waals surface area contributed by atoms with Crippen molar-refractivity contribution in [1.29, 1.82) is 0 Å². The van der Waals surface area contributed by atoms with Crippen LogP contribution in [0.1, 0.15) is 29.9 Å². The fourth-order valence-corrected chi connectivity index (χ4v) is 2.43. The summed E-state index contributed by atoms with van der Waals surface area (Å²) in [6.45, 7) is 4.52. The molecular weight excluding hydrogens is 340 g/mol. The van der Waals surface area contributed by atoms with Crippen molar-refractivity contribution in [3.63, 3.8) is 0 Å². The van der Waals surface area contributed by atoms with Gasteiger partial charge in [-0.05, 0) is 49.7 Å². The van der Waals surface area contributed by atoms with Gasteiger partial charge in [-0.3, -0.25) is 4.79 Å². The third kappa shape index (κ3) is 5.54. The number of anilines is 2. The lowest BCUT2D eigenvalue weighted by Crippen LogP contribution is -2.15. The van der Waals surface area contributed by atoms with Gasteiger partial charge in [-0.15, -0.1) is 0 Å². The van der Waals surface area contributed by atoms with Crippen molar-refractivity contribution in [1.82, 2.24) is 9.97 Å². The molecule has 3 rings (SSSR count). The van der Waals surface area contributed by atoms with E-state index in [0.717, 1.165) is 11.3 Å². The third-order valence-corrected chi connectivity index (χ3v) is 3.67. The average molecular weight is 362 g/mol. The summed E-state index contributed by atoms with van der Waals surface area (Å²) in [5.41, 5.74) is 2.08. The third-order valence-electron chi connectivity index (χ3n) is 3.67. The van der Waals surface area contributed by atoms with Crippen molar-refractivity contribution in [2.45, 2.75) is 26.5 Å². The van der Waals surface area contributed by atoms with Crippen LogP contribution in [0, 0.1) is 0 Å². The Balaban J connectivity index is 1.61. The second kappa shape index (κ2) is 8.80. The summed E-state index contributed by atoms with van der Waals surface area (Å²) in [7, 11) is 0. The van der Waals surface area contributed by atoms with E-state index in [4.69, 9.17) is 4.74 Å². The molecule has 3 aromatic rings. The Morgan fingerprint density at radius 1 is 1.04 bits per heavy atom. The van der Waals surface area contributed by atoms with E-state index in [1.54, 1.807) is 24.4 Å². The topological polar surface area (TPSA) is 76.1 Å². The normalized spacial score (nSPS) is 10.5. The summed E-state index contributed by atoms with van der Waals surface area (Å²) >= 11 is 0. The smallest absolute Gasteiger partial charge is 0.274 e. The molecule has 27 heavy (non-hydrogen) atoms. The lowest BCUT2D eigenvalue weighted by Gasteiger charge is -2.11. The van der Waals surface area contributed by atoms with E-state index in [0.29, 0.717) is 23.9 Å². The number of amides is 1. The number of hydrogen-bond acceptors (Lipinski definition) is 5. The van der Waals surface area contributed by atoms with E-state index < -0.39 is 0 Å². The van der Waals surface area contributed by atoms with Crippen molar-refractivity contribution < 1.29 is 9.53 Å². The van der Waals surface area contributed by atoms with E-state index in [1.165, 1.54) is 0 Å². The van der Waals surface area contributed by atoms with Crippen molar-refractivity contribution in [2.24, 2.45) is 0 Å². The molecule has 0 fully saturated rings. The number of ether oxygens (including phenoxy) is 1. The molecule has 0 aliphatic heterocycles. The molecule has 138 valence electrons. The summed E-state index contributed by atoms with van der Waals surface area (Å²) in [5, 5.41) is 5.95. The van der Waals surface area contributed by atoms with Gasteiger partial charge in [-0.25, -0.2) is 9.97 Å². The van der Waals surface area contributed by atoms with Crippen molar-refractivity contribution in [2.75, 3.05) is 10.6 Å². The van der Waals surface area contributed by atoms with E-state index in [9.17, 15) is 4.79 Å². The number of carbonyl (C=O) groups excluding carboxylic acids is 1. The zero-order valence-electron chi connectivity index (χ0n) is 15.3. The van der Waals surface area contributed by atoms with Gasteiger partial charge in [0.25, 0.3) is 5.91 Å². The van der Waals surface area contributed by atoms with Crippen LogP contribution in [0.5, 0.6) is 5.75 Å². The monoisotopic (exact) mass is 362 g/mol. The van der Waals surface area contributed by atoms with Crippen LogP contribution in [0.3, 0.4) is 0 Å². The molecule has 0 radical (unpaired) electrons. The Morgan fingerprint density at radius 3 is 2.48 bits per heavy atom. The number of nitrogens with one attached hydrogen (secondary N) is 2. The SMILES string of the molecule is CC(C)Oc1ccc(NC(=O)c2ccnc(NCc3ccccc3)n2)cc1. The number of aromatic nitrogens is 2. The maximum atomic E-state index is 12.4. The minimum atomic E-state index is -0.294. The largest absolute Gasteiger partial charge is 0.491 e. The summed E-state index contributed by atoms with van der Waals surface area (Å²) < 4.78 is 5.60. The molecule has 2 N–H and O–H groups in total. The van der Waals surface area contributed by atoms with Crippen LogP contribution in [-0.2, 0) is 6.54 Å². The van der Waals surface area contributed by atoms with Gasteiger partial charge < -0.3 is 15.4 Å². The molecule has 0 unspecified atom stereocenters. The highest BCUT2D eigenvalue weighted by Crippen LogP contribution is 2.17. The zero-order valence-corrected chi connectivity index (χ0v) is 15.3. The lowest BCUT2D eigenvalue weighted by atomic mass is 10.2. The molecule has 0 aliphatic rings. The predicted octanol–water partition coefficient (Wildman–Crippen LogP) is 4.13. The molecule has 1 aromatic heterocycles. The summed E-state index contributed by atoms with van der Waals surface area (Å²) in [6, 6.07) is 18.7.